The van der Waals surface area contributed by atoms with Gasteiger partial charge in [0.25, 0.3) is 0 Å². The topological polar surface area (TPSA) is 56.5 Å². The van der Waals surface area contributed by atoms with Crippen molar-refractivity contribution >= 4 is 23.1 Å². The molecule has 2 rings (SSSR count). The number of halogens is 1. The van der Waals surface area contributed by atoms with E-state index in [0.717, 1.165) is 0 Å². The van der Waals surface area contributed by atoms with Crippen molar-refractivity contribution in [3.63, 3.8) is 0 Å². The van der Waals surface area contributed by atoms with Crippen LogP contribution < -0.4 is 0 Å². The summed E-state index contributed by atoms with van der Waals surface area (Å²) in [5.74, 6) is -0.459. The summed E-state index contributed by atoms with van der Waals surface area (Å²) >= 11 is 5.60. The molecule has 0 aromatic carbocycles. The lowest BCUT2D eigenvalue weighted by molar-refractivity contribution is 0.0591. The molecule has 5 nitrogen and oxygen atoms in total. The van der Waals surface area contributed by atoms with Crippen molar-refractivity contribution < 1.29 is 9.53 Å². The summed E-state index contributed by atoms with van der Waals surface area (Å²) in [7, 11) is 1.31. The highest BCUT2D eigenvalue weighted by molar-refractivity contribution is 6.28. The maximum absolute atomic E-state index is 11.3. The average Bonchev–Trinajstić information content (AvgIpc) is 2.59. The van der Waals surface area contributed by atoms with E-state index in [-0.39, 0.29) is 5.28 Å². The molecule has 14 heavy (non-hydrogen) atoms. The number of ether oxygens (including phenoxy) is 1. The van der Waals surface area contributed by atoms with Crippen LogP contribution in [0.25, 0.3) is 5.52 Å². The summed E-state index contributed by atoms with van der Waals surface area (Å²) < 4.78 is 5.97. The highest BCUT2D eigenvalue weighted by Gasteiger charge is 2.12. The third-order valence-corrected chi connectivity index (χ3v) is 1.94. The second-order valence-corrected chi connectivity index (χ2v) is 2.91. The number of fused-ring (bicyclic) bond motifs is 1. The Labute approximate surface area is 84.3 Å². The SMILES string of the molecule is COC(=O)c1ccc2cnc(Cl)nn12. The maximum Gasteiger partial charge on any atom is 0.356 e. The molecule has 72 valence electrons. The quantitative estimate of drug-likeness (QED) is 0.665. The van der Waals surface area contributed by atoms with Crippen LogP contribution in [0.2, 0.25) is 5.28 Å². The van der Waals surface area contributed by atoms with Gasteiger partial charge >= 0.3 is 5.97 Å². The first-order valence-corrected chi connectivity index (χ1v) is 4.19. The molecule has 0 aliphatic heterocycles. The predicted molar refractivity (Wildman–Crippen MR) is 49.3 cm³/mol. The zero-order valence-electron chi connectivity index (χ0n) is 7.27. The van der Waals surface area contributed by atoms with Crippen LogP contribution in [0.15, 0.2) is 18.3 Å². The van der Waals surface area contributed by atoms with Crippen LogP contribution in [-0.4, -0.2) is 27.7 Å². The van der Waals surface area contributed by atoms with Gasteiger partial charge in [-0.3, -0.25) is 0 Å². The summed E-state index contributed by atoms with van der Waals surface area (Å²) in [5, 5.41) is 3.96. The number of hydrogen-bond acceptors (Lipinski definition) is 4. The summed E-state index contributed by atoms with van der Waals surface area (Å²) in [4.78, 5) is 15.0. The van der Waals surface area contributed by atoms with Crippen molar-refractivity contribution in [2.45, 2.75) is 0 Å². The van der Waals surface area contributed by atoms with Gasteiger partial charge in [-0.2, -0.15) is 0 Å². The number of hydrogen-bond donors (Lipinski definition) is 0. The fraction of sp³-hybridized carbons (Fsp3) is 0.125. The third kappa shape index (κ3) is 1.31. The molecule has 0 spiro atoms. The van der Waals surface area contributed by atoms with Gasteiger partial charge in [-0.15, -0.1) is 5.10 Å². The Kier molecular flexibility index (Phi) is 2.09. The van der Waals surface area contributed by atoms with E-state index in [2.05, 4.69) is 14.8 Å². The largest absolute Gasteiger partial charge is 0.464 e. The Morgan fingerprint density at radius 1 is 1.57 bits per heavy atom. The number of methoxy groups -OCH3 is 1. The molecule has 0 unspecified atom stereocenters. The summed E-state index contributed by atoms with van der Waals surface area (Å²) in [6.07, 6.45) is 1.53. The molecule has 2 heterocycles. The molecule has 0 saturated heterocycles. The molecule has 0 amide bonds. The van der Waals surface area contributed by atoms with Gasteiger partial charge in [0.15, 0.2) is 5.69 Å². The lowest BCUT2D eigenvalue weighted by atomic mass is 10.4. The summed E-state index contributed by atoms with van der Waals surface area (Å²) in [5.41, 5.74) is 1.02. The molecule has 0 atom stereocenters. The van der Waals surface area contributed by atoms with E-state index in [0.29, 0.717) is 11.2 Å². The lowest BCUT2D eigenvalue weighted by Gasteiger charge is -1.99. The highest BCUT2D eigenvalue weighted by atomic mass is 35.5. The van der Waals surface area contributed by atoms with E-state index in [1.165, 1.54) is 17.8 Å². The Bertz CT molecular complexity index is 494. The zero-order chi connectivity index (χ0) is 10.1. The Morgan fingerprint density at radius 3 is 3.07 bits per heavy atom. The minimum atomic E-state index is -0.459. The van der Waals surface area contributed by atoms with Crippen LogP contribution in [0, 0.1) is 0 Å². The maximum atomic E-state index is 11.3. The van der Waals surface area contributed by atoms with E-state index in [4.69, 9.17) is 11.6 Å². The van der Waals surface area contributed by atoms with Gasteiger partial charge in [-0.05, 0) is 23.7 Å². The van der Waals surface area contributed by atoms with Crippen LogP contribution in [-0.2, 0) is 4.74 Å². The van der Waals surface area contributed by atoms with Crippen LogP contribution in [0.3, 0.4) is 0 Å². The van der Waals surface area contributed by atoms with E-state index in [9.17, 15) is 4.79 Å². The van der Waals surface area contributed by atoms with Gasteiger partial charge in [0.05, 0.1) is 18.8 Å². The smallest absolute Gasteiger partial charge is 0.356 e. The molecule has 0 saturated carbocycles. The first-order chi connectivity index (χ1) is 6.72. The highest BCUT2D eigenvalue weighted by Crippen LogP contribution is 2.10. The fourth-order valence-corrected chi connectivity index (χ4v) is 1.27. The Balaban J connectivity index is 2.67. The monoisotopic (exact) mass is 211 g/mol. The minimum Gasteiger partial charge on any atom is -0.464 e. The van der Waals surface area contributed by atoms with E-state index in [1.807, 2.05) is 0 Å². The summed E-state index contributed by atoms with van der Waals surface area (Å²) in [6.45, 7) is 0. The van der Waals surface area contributed by atoms with Gasteiger partial charge in [0.2, 0.25) is 5.28 Å². The Hall–Kier alpha value is -1.62. The number of esters is 1. The number of aromatic nitrogens is 3. The molecule has 0 aliphatic carbocycles. The first kappa shape index (κ1) is 8.96. The number of nitrogens with zero attached hydrogens (tertiary/aromatic N) is 3. The molecule has 2 aromatic rings. The van der Waals surface area contributed by atoms with Crippen molar-refractivity contribution in [1.82, 2.24) is 14.6 Å². The molecule has 6 heteroatoms. The molecule has 0 aliphatic rings. The van der Waals surface area contributed by atoms with Crippen molar-refractivity contribution in [2.24, 2.45) is 0 Å². The van der Waals surface area contributed by atoms with Crippen molar-refractivity contribution in [3.8, 4) is 0 Å². The first-order valence-electron chi connectivity index (χ1n) is 3.81. The van der Waals surface area contributed by atoms with Gasteiger partial charge in [-0.1, -0.05) is 0 Å². The van der Waals surface area contributed by atoms with E-state index in [1.54, 1.807) is 12.1 Å². The Morgan fingerprint density at radius 2 is 2.36 bits per heavy atom. The molecular weight excluding hydrogens is 206 g/mol. The predicted octanol–water partition coefficient (Wildman–Crippen LogP) is 1.17. The van der Waals surface area contributed by atoms with Gasteiger partial charge in [0.1, 0.15) is 0 Å². The molecule has 0 fully saturated rings. The van der Waals surface area contributed by atoms with Crippen LogP contribution in [0.1, 0.15) is 10.5 Å². The normalized spacial score (nSPS) is 10.4. The molecular formula is C8H6ClN3O2. The van der Waals surface area contributed by atoms with Crippen molar-refractivity contribution in [3.05, 3.63) is 29.3 Å². The lowest BCUT2D eigenvalue weighted by Crippen LogP contribution is -2.07. The van der Waals surface area contributed by atoms with Gasteiger partial charge in [0, 0.05) is 0 Å². The van der Waals surface area contributed by atoms with Crippen LogP contribution >= 0.6 is 11.6 Å². The zero-order valence-corrected chi connectivity index (χ0v) is 8.02. The average molecular weight is 212 g/mol. The molecule has 0 bridgehead atoms. The molecule has 0 N–H and O–H groups in total. The summed E-state index contributed by atoms with van der Waals surface area (Å²) in [6, 6.07) is 3.31. The van der Waals surface area contributed by atoms with Crippen LogP contribution in [0.4, 0.5) is 0 Å². The van der Waals surface area contributed by atoms with Crippen LogP contribution in [0.5, 0.6) is 0 Å². The number of carbonyl (C=O) groups is 1. The fourth-order valence-electron chi connectivity index (χ4n) is 1.14. The van der Waals surface area contributed by atoms with Gasteiger partial charge in [-0.25, -0.2) is 14.3 Å². The molecule has 2 aromatic heterocycles. The van der Waals surface area contributed by atoms with E-state index < -0.39 is 5.97 Å². The van der Waals surface area contributed by atoms with Gasteiger partial charge < -0.3 is 4.74 Å². The van der Waals surface area contributed by atoms with Crippen molar-refractivity contribution in [2.75, 3.05) is 7.11 Å². The standard InChI is InChI=1S/C8H6ClN3O2/c1-14-7(13)6-3-2-5-4-10-8(9)11-12(5)6/h2-4H,1H3. The number of rotatable bonds is 1. The minimum absolute atomic E-state index is 0.0823. The molecule has 0 radical (unpaired) electrons. The van der Waals surface area contributed by atoms with E-state index >= 15 is 0 Å². The second-order valence-electron chi connectivity index (χ2n) is 2.57. The number of carbonyl (C=O) groups excluding carboxylic acids is 1. The third-order valence-electron chi connectivity index (χ3n) is 1.77. The second kappa shape index (κ2) is 3.26. The van der Waals surface area contributed by atoms with Crippen molar-refractivity contribution in [1.29, 1.82) is 0 Å².